The van der Waals surface area contributed by atoms with Gasteiger partial charge in [-0.2, -0.15) is 0 Å². The summed E-state index contributed by atoms with van der Waals surface area (Å²) in [5, 5.41) is 13.7. The minimum atomic E-state index is -0.0252. The molecule has 0 spiro atoms. The Morgan fingerprint density at radius 2 is 2.00 bits per heavy atom. The highest BCUT2D eigenvalue weighted by molar-refractivity contribution is 6.43. The van der Waals surface area contributed by atoms with Crippen molar-refractivity contribution in [3.8, 4) is 5.75 Å². The van der Waals surface area contributed by atoms with Crippen molar-refractivity contribution in [1.82, 2.24) is 5.32 Å². The lowest BCUT2D eigenvalue weighted by Crippen LogP contribution is -2.26. The number of rotatable bonds is 4. The average molecular weight is 260 g/mol. The first-order chi connectivity index (χ1) is 7.47. The summed E-state index contributed by atoms with van der Waals surface area (Å²) in [6.45, 7) is 7.62. The Kier molecular flexibility index (Phi) is 4.66. The predicted molar refractivity (Wildman–Crippen MR) is 69.3 cm³/mol. The Morgan fingerprint density at radius 3 is 2.56 bits per heavy atom. The summed E-state index contributed by atoms with van der Waals surface area (Å²) in [4.78, 5) is 0. The van der Waals surface area contributed by atoms with E-state index in [1.54, 1.807) is 18.2 Å². The van der Waals surface area contributed by atoms with E-state index in [1.807, 2.05) is 13.8 Å². The van der Waals surface area contributed by atoms with Gasteiger partial charge in [-0.3, -0.25) is 0 Å². The Bertz CT molecular complexity index is 393. The number of hydrogen-bond acceptors (Lipinski definition) is 2. The van der Waals surface area contributed by atoms with Crippen molar-refractivity contribution in [3.05, 3.63) is 40.4 Å². The SMILES string of the molecule is C=CC(C)NC(C)c1ccc(Cl)c(Cl)c1O. The van der Waals surface area contributed by atoms with E-state index >= 15 is 0 Å². The van der Waals surface area contributed by atoms with E-state index in [9.17, 15) is 5.11 Å². The monoisotopic (exact) mass is 259 g/mol. The van der Waals surface area contributed by atoms with Gasteiger partial charge in [-0.1, -0.05) is 35.3 Å². The number of phenols is 1. The molecule has 0 saturated heterocycles. The highest BCUT2D eigenvalue weighted by Gasteiger charge is 2.15. The highest BCUT2D eigenvalue weighted by Crippen LogP contribution is 2.36. The summed E-state index contributed by atoms with van der Waals surface area (Å²) in [6, 6.07) is 3.57. The summed E-state index contributed by atoms with van der Waals surface area (Å²) in [7, 11) is 0. The van der Waals surface area contributed by atoms with Crippen LogP contribution < -0.4 is 5.32 Å². The molecule has 1 rings (SSSR count). The van der Waals surface area contributed by atoms with E-state index in [0.29, 0.717) is 5.02 Å². The number of nitrogens with one attached hydrogen (secondary N) is 1. The van der Waals surface area contributed by atoms with Gasteiger partial charge in [0.25, 0.3) is 0 Å². The standard InChI is InChI=1S/C12H15Cl2NO/c1-4-7(2)15-8(3)9-5-6-10(13)11(14)12(9)16/h4-8,15-16H,1H2,2-3H3. The maximum absolute atomic E-state index is 9.85. The molecular weight excluding hydrogens is 245 g/mol. The molecule has 0 fully saturated rings. The molecule has 0 aromatic heterocycles. The summed E-state index contributed by atoms with van der Waals surface area (Å²) >= 11 is 11.7. The van der Waals surface area contributed by atoms with Gasteiger partial charge in [0.2, 0.25) is 0 Å². The first-order valence-electron chi connectivity index (χ1n) is 5.02. The molecular formula is C12H15Cl2NO. The van der Waals surface area contributed by atoms with Crippen molar-refractivity contribution in [1.29, 1.82) is 0 Å². The van der Waals surface area contributed by atoms with Crippen LogP contribution in [-0.4, -0.2) is 11.1 Å². The summed E-state index contributed by atoms with van der Waals surface area (Å²) in [5.74, 6) is 0.0328. The van der Waals surface area contributed by atoms with Crippen molar-refractivity contribution >= 4 is 23.2 Å². The Labute approximate surface area is 106 Å². The molecule has 0 saturated carbocycles. The van der Waals surface area contributed by atoms with Crippen molar-refractivity contribution in [2.24, 2.45) is 0 Å². The van der Waals surface area contributed by atoms with Crippen LogP contribution in [0.4, 0.5) is 0 Å². The van der Waals surface area contributed by atoms with Gasteiger partial charge < -0.3 is 10.4 Å². The second kappa shape index (κ2) is 5.58. The maximum atomic E-state index is 9.85. The van der Waals surface area contributed by atoms with Crippen molar-refractivity contribution in [3.63, 3.8) is 0 Å². The zero-order valence-electron chi connectivity index (χ0n) is 9.30. The molecule has 2 nitrogen and oxygen atoms in total. The smallest absolute Gasteiger partial charge is 0.140 e. The lowest BCUT2D eigenvalue weighted by molar-refractivity contribution is 0.448. The molecule has 2 N–H and O–H groups in total. The number of aromatic hydroxyl groups is 1. The fourth-order valence-electron chi connectivity index (χ4n) is 1.46. The van der Waals surface area contributed by atoms with E-state index in [1.165, 1.54) is 0 Å². The molecule has 1 aromatic carbocycles. The van der Waals surface area contributed by atoms with Crippen LogP contribution in [0, 0.1) is 0 Å². The van der Waals surface area contributed by atoms with Crippen LogP contribution in [0.3, 0.4) is 0 Å². The first kappa shape index (κ1) is 13.4. The molecule has 16 heavy (non-hydrogen) atoms. The average Bonchev–Trinajstić information content (AvgIpc) is 2.25. The van der Waals surface area contributed by atoms with E-state index < -0.39 is 0 Å². The fourth-order valence-corrected chi connectivity index (χ4v) is 1.78. The molecule has 1 aromatic rings. The van der Waals surface area contributed by atoms with Gasteiger partial charge in [0.1, 0.15) is 10.8 Å². The van der Waals surface area contributed by atoms with Gasteiger partial charge in [-0.05, 0) is 19.9 Å². The van der Waals surface area contributed by atoms with Crippen LogP contribution in [0.1, 0.15) is 25.5 Å². The molecule has 2 atom stereocenters. The minimum Gasteiger partial charge on any atom is -0.506 e. The molecule has 2 unspecified atom stereocenters. The molecule has 0 bridgehead atoms. The van der Waals surface area contributed by atoms with E-state index in [-0.39, 0.29) is 22.9 Å². The molecule has 88 valence electrons. The summed E-state index contributed by atoms with van der Waals surface area (Å²) in [5.41, 5.74) is 0.725. The minimum absolute atomic E-state index is 0.0252. The lowest BCUT2D eigenvalue weighted by Gasteiger charge is -2.19. The normalized spacial score (nSPS) is 14.5. The molecule has 0 aliphatic carbocycles. The zero-order valence-corrected chi connectivity index (χ0v) is 10.8. The second-order valence-electron chi connectivity index (χ2n) is 3.71. The highest BCUT2D eigenvalue weighted by atomic mass is 35.5. The number of phenolic OH excluding ortho intramolecular Hbond substituents is 1. The Balaban J connectivity index is 2.96. The van der Waals surface area contributed by atoms with Gasteiger partial charge in [0, 0.05) is 17.6 Å². The van der Waals surface area contributed by atoms with Crippen LogP contribution in [0.25, 0.3) is 0 Å². The van der Waals surface area contributed by atoms with Crippen LogP contribution in [0.2, 0.25) is 10.0 Å². The van der Waals surface area contributed by atoms with Gasteiger partial charge in [-0.15, -0.1) is 6.58 Å². The van der Waals surface area contributed by atoms with Crippen LogP contribution in [0.15, 0.2) is 24.8 Å². The molecule has 0 amide bonds. The van der Waals surface area contributed by atoms with E-state index in [4.69, 9.17) is 23.2 Å². The molecule has 0 aliphatic heterocycles. The van der Waals surface area contributed by atoms with Gasteiger partial charge >= 0.3 is 0 Å². The maximum Gasteiger partial charge on any atom is 0.140 e. The third-order valence-electron chi connectivity index (χ3n) is 2.43. The number of hydrogen-bond donors (Lipinski definition) is 2. The predicted octanol–water partition coefficient (Wildman–Crippen LogP) is 3.92. The van der Waals surface area contributed by atoms with E-state index in [0.717, 1.165) is 5.56 Å². The first-order valence-corrected chi connectivity index (χ1v) is 5.78. The van der Waals surface area contributed by atoms with Gasteiger partial charge in [0.05, 0.1) is 5.02 Å². The van der Waals surface area contributed by atoms with Crippen LogP contribution >= 0.6 is 23.2 Å². The Morgan fingerprint density at radius 1 is 1.38 bits per heavy atom. The van der Waals surface area contributed by atoms with Gasteiger partial charge in [-0.25, -0.2) is 0 Å². The summed E-state index contributed by atoms with van der Waals surface area (Å²) < 4.78 is 0. The summed E-state index contributed by atoms with van der Waals surface area (Å²) in [6.07, 6.45) is 1.80. The Hall–Kier alpha value is -0.700. The third-order valence-corrected chi connectivity index (χ3v) is 3.23. The van der Waals surface area contributed by atoms with Crippen molar-refractivity contribution in [2.45, 2.75) is 25.9 Å². The van der Waals surface area contributed by atoms with Crippen molar-refractivity contribution in [2.75, 3.05) is 0 Å². The largest absolute Gasteiger partial charge is 0.506 e. The van der Waals surface area contributed by atoms with E-state index in [2.05, 4.69) is 11.9 Å². The molecule has 4 heteroatoms. The molecule has 0 aliphatic rings. The van der Waals surface area contributed by atoms with Gasteiger partial charge in [0.15, 0.2) is 0 Å². The number of benzene rings is 1. The fraction of sp³-hybridized carbons (Fsp3) is 0.333. The van der Waals surface area contributed by atoms with Crippen molar-refractivity contribution < 1.29 is 5.11 Å². The van der Waals surface area contributed by atoms with Crippen LogP contribution in [0.5, 0.6) is 5.75 Å². The number of halogens is 2. The molecule has 0 radical (unpaired) electrons. The van der Waals surface area contributed by atoms with Crippen LogP contribution in [-0.2, 0) is 0 Å². The lowest BCUT2D eigenvalue weighted by atomic mass is 10.1. The zero-order chi connectivity index (χ0) is 12.3. The third kappa shape index (κ3) is 2.91. The quantitative estimate of drug-likeness (QED) is 0.804. The molecule has 0 heterocycles. The second-order valence-corrected chi connectivity index (χ2v) is 4.50. The topological polar surface area (TPSA) is 32.3 Å².